The summed E-state index contributed by atoms with van der Waals surface area (Å²) in [6.45, 7) is 5.54. The van der Waals surface area contributed by atoms with Crippen LogP contribution >= 0.6 is 35.0 Å². The topological polar surface area (TPSA) is 51.0 Å². The number of carbonyl (C=O) groups is 1. The highest BCUT2D eigenvalue weighted by Gasteiger charge is 2.35. The Hall–Kier alpha value is -2.02. The monoisotopic (exact) mass is 474 g/mol. The Bertz CT molecular complexity index is 1100. The maximum absolute atomic E-state index is 13.3. The maximum atomic E-state index is 13.3. The summed E-state index contributed by atoms with van der Waals surface area (Å²) in [5.74, 6) is 1.64. The highest BCUT2D eigenvalue weighted by Crippen LogP contribution is 2.35. The lowest BCUT2D eigenvalue weighted by molar-refractivity contribution is 0.0726. The third kappa shape index (κ3) is 4.61. The molecule has 1 aromatic heterocycles. The number of benzene rings is 2. The molecule has 2 heterocycles. The van der Waals surface area contributed by atoms with Crippen LogP contribution < -0.4 is 0 Å². The predicted octanol–water partition coefficient (Wildman–Crippen LogP) is 6.18. The van der Waals surface area contributed by atoms with Crippen molar-refractivity contribution in [2.75, 3.05) is 6.54 Å². The predicted molar refractivity (Wildman–Crippen MR) is 126 cm³/mol. The molecule has 4 rings (SSSR count). The van der Waals surface area contributed by atoms with Crippen molar-refractivity contribution >= 4 is 40.9 Å². The SMILES string of the molecule is CCn1c(SCc2ccc(Cl)c(Cl)c2)nnc1C1CCCN1C(=O)c1ccccc1C. The minimum atomic E-state index is -0.0566. The van der Waals surface area contributed by atoms with E-state index in [2.05, 4.69) is 21.7 Å². The molecule has 8 heteroatoms. The normalized spacial score (nSPS) is 16.1. The second kappa shape index (κ2) is 9.63. The summed E-state index contributed by atoms with van der Waals surface area (Å²) >= 11 is 13.8. The van der Waals surface area contributed by atoms with Gasteiger partial charge in [-0.05, 0) is 56.0 Å². The zero-order valence-electron chi connectivity index (χ0n) is 17.5. The molecule has 3 aromatic rings. The number of amides is 1. The van der Waals surface area contributed by atoms with Gasteiger partial charge >= 0.3 is 0 Å². The summed E-state index contributed by atoms with van der Waals surface area (Å²) in [7, 11) is 0. The highest BCUT2D eigenvalue weighted by molar-refractivity contribution is 7.98. The fourth-order valence-corrected chi connectivity index (χ4v) is 5.25. The molecular formula is C23H24Cl2N4OS. The largest absolute Gasteiger partial charge is 0.328 e. The van der Waals surface area contributed by atoms with Crippen LogP contribution in [0.1, 0.15) is 53.1 Å². The Labute approximate surface area is 196 Å². The number of likely N-dealkylation sites (tertiary alicyclic amines) is 1. The maximum Gasteiger partial charge on any atom is 0.254 e. The van der Waals surface area contributed by atoms with E-state index < -0.39 is 0 Å². The van der Waals surface area contributed by atoms with Gasteiger partial charge in [0, 0.05) is 24.4 Å². The third-order valence-electron chi connectivity index (χ3n) is 5.60. The van der Waals surface area contributed by atoms with E-state index in [0.717, 1.165) is 53.6 Å². The van der Waals surface area contributed by atoms with Gasteiger partial charge in [-0.25, -0.2) is 0 Å². The van der Waals surface area contributed by atoms with Gasteiger partial charge < -0.3 is 9.47 Å². The number of rotatable bonds is 6. The Balaban J connectivity index is 1.55. The molecule has 5 nitrogen and oxygen atoms in total. The molecule has 162 valence electrons. The third-order valence-corrected chi connectivity index (χ3v) is 7.38. The van der Waals surface area contributed by atoms with Gasteiger partial charge in [-0.15, -0.1) is 10.2 Å². The molecule has 1 atom stereocenters. The second-order valence-corrected chi connectivity index (χ2v) is 9.35. The molecule has 1 amide bonds. The molecule has 31 heavy (non-hydrogen) atoms. The lowest BCUT2D eigenvalue weighted by Crippen LogP contribution is -2.32. The van der Waals surface area contributed by atoms with Gasteiger partial charge in [0.25, 0.3) is 5.91 Å². The van der Waals surface area contributed by atoms with Crippen LogP contribution in [0.25, 0.3) is 0 Å². The molecule has 0 bridgehead atoms. The Kier molecular flexibility index (Phi) is 6.89. The van der Waals surface area contributed by atoms with Crippen molar-refractivity contribution in [2.45, 2.75) is 50.2 Å². The van der Waals surface area contributed by atoms with Crippen LogP contribution in [0.5, 0.6) is 0 Å². The van der Waals surface area contributed by atoms with E-state index in [1.165, 1.54) is 0 Å². The summed E-state index contributed by atoms with van der Waals surface area (Å²) in [6.07, 6.45) is 1.86. The molecular weight excluding hydrogens is 451 g/mol. The lowest BCUT2D eigenvalue weighted by atomic mass is 10.1. The molecule has 0 radical (unpaired) electrons. The van der Waals surface area contributed by atoms with E-state index in [-0.39, 0.29) is 11.9 Å². The van der Waals surface area contributed by atoms with Gasteiger partial charge in [0.2, 0.25) is 0 Å². The molecule has 1 unspecified atom stereocenters. The first-order chi connectivity index (χ1) is 15.0. The van der Waals surface area contributed by atoms with Crippen molar-refractivity contribution in [3.63, 3.8) is 0 Å². The average molecular weight is 475 g/mol. The van der Waals surface area contributed by atoms with Gasteiger partial charge in [0.05, 0.1) is 16.1 Å². The Morgan fingerprint density at radius 2 is 1.97 bits per heavy atom. The van der Waals surface area contributed by atoms with Crippen molar-refractivity contribution in [1.29, 1.82) is 0 Å². The number of aromatic nitrogens is 3. The molecule has 0 N–H and O–H groups in total. The van der Waals surface area contributed by atoms with Crippen molar-refractivity contribution < 1.29 is 4.79 Å². The van der Waals surface area contributed by atoms with E-state index in [0.29, 0.717) is 15.8 Å². The van der Waals surface area contributed by atoms with Crippen molar-refractivity contribution in [3.8, 4) is 0 Å². The molecule has 2 aromatic carbocycles. The summed E-state index contributed by atoms with van der Waals surface area (Å²) in [4.78, 5) is 15.2. The molecule has 1 aliphatic rings. The number of hydrogen-bond acceptors (Lipinski definition) is 4. The van der Waals surface area contributed by atoms with Crippen molar-refractivity contribution in [3.05, 3.63) is 75.0 Å². The van der Waals surface area contributed by atoms with Crippen LogP contribution in [0.3, 0.4) is 0 Å². The molecule has 1 fully saturated rings. The van der Waals surface area contributed by atoms with E-state index in [9.17, 15) is 4.79 Å². The van der Waals surface area contributed by atoms with Gasteiger partial charge in [-0.1, -0.05) is 59.2 Å². The number of nitrogens with zero attached hydrogens (tertiary/aromatic N) is 4. The van der Waals surface area contributed by atoms with Crippen molar-refractivity contribution in [2.24, 2.45) is 0 Å². The van der Waals surface area contributed by atoms with E-state index in [1.807, 2.05) is 54.3 Å². The second-order valence-electron chi connectivity index (χ2n) is 7.59. The lowest BCUT2D eigenvalue weighted by Gasteiger charge is -2.25. The van der Waals surface area contributed by atoms with Gasteiger partial charge in [-0.3, -0.25) is 4.79 Å². The van der Waals surface area contributed by atoms with Crippen LogP contribution in [0.2, 0.25) is 10.0 Å². The smallest absolute Gasteiger partial charge is 0.254 e. The van der Waals surface area contributed by atoms with Crippen LogP contribution in [0, 0.1) is 6.92 Å². The first kappa shape index (κ1) is 22.2. The summed E-state index contributed by atoms with van der Waals surface area (Å²) in [5, 5.41) is 10.9. The van der Waals surface area contributed by atoms with E-state index >= 15 is 0 Å². The van der Waals surface area contributed by atoms with E-state index in [1.54, 1.807) is 11.8 Å². The van der Waals surface area contributed by atoms with Crippen molar-refractivity contribution in [1.82, 2.24) is 19.7 Å². The fourth-order valence-electron chi connectivity index (χ4n) is 3.97. The zero-order valence-corrected chi connectivity index (χ0v) is 19.8. The standard InChI is InChI=1S/C23H24Cl2N4OS/c1-3-28-21(26-27-23(28)31-14-16-10-11-18(24)19(25)13-16)20-9-6-12-29(20)22(30)17-8-5-4-7-15(17)2/h4-5,7-8,10-11,13,20H,3,6,9,12,14H2,1-2H3. The zero-order chi connectivity index (χ0) is 22.0. The molecule has 1 aliphatic heterocycles. The first-order valence-corrected chi connectivity index (χ1v) is 12.1. The number of hydrogen-bond donors (Lipinski definition) is 0. The Morgan fingerprint density at radius 3 is 2.71 bits per heavy atom. The van der Waals surface area contributed by atoms with Gasteiger partial charge in [0.1, 0.15) is 0 Å². The van der Waals surface area contributed by atoms with Crippen LogP contribution in [0.4, 0.5) is 0 Å². The van der Waals surface area contributed by atoms with Crippen LogP contribution in [0.15, 0.2) is 47.6 Å². The van der Waals surface area contributed by atoms with Crippen LogP contribution in [-0.4, -0.2) is 32.1 Å². The molecule has 0 spiro atoms. The molecule has 0 aliphatic carbocycles. The number of thioether (sulfide) groups is 1. The fraction of sp³-hybridized carbons (Fsp3) is 0.348. The summed E-state index contributed by atoms with van der Waals surface area (Å²) < 4.78 is 2.12. The minimum Gasteiger partial charge on any atom is -0.328 e. The number of halogens is 2. The molecule has 1 saturated heterocycles. The quantitative estimate of drug-likeness (QED) is 0.400. The highest BCUT2D eigenvalue weighted by atomic mass is 35.5. The molecule has 0 saturated carbocycles. The van der Waals surface area contributed by atoms with Gasteiger partial charge in [0.15, 0.2) is 11.0 Å². The number of carbonyl (C=O) groups excluding carboxylic acids is 1. The van der Waals surface area contributed by atoms with Gasteiger partial charge in [-0.2, -0.15) is 0 Å². The summed E-state index contributed by atoms with van der Waals surface area (Å²) in [6, 6.07) is 13.3. The first-order valence-electron chi connectivity index (χ1n) is 10.4. The minimum absolute atomic E-state index is 0.0566. The van der Waals surface area contributed by atoms with E-state index in [4.69, 9.17) is 23.2 Å². The Morgan fingerprint density at radius 1 is 1.16 bits per heavy atom. The van der Waals surface area contributed by atoms with Crippen LogP contribution in [-0.2, 0) is 12.3 Å². The summed E-state index contributed by atoms with van der Waals surface area (Å²) in [5.41, 5.74) is 2.82. The number of aryl methyl sites for hydroxylation is 1. The average Bonchev–Trinajstić information content (AvgIpc) is 3.40.